The van der Waals surface area contributed by atoms with E-state index in [2.05, 4.69) is 143 Å². The van der Waals surface area contributed by atoms with Gasteiger partial charge in [0.2, 0.25) is 17.1 Å². The van der Waals surface area contributed by atoms with E-state index < -0.39 is 0 Å². The number of fused-ring (bicyclic) bond motifs is 13. The van der Waals surface area contributed by atoms with Crippen LogP contribution in [0.25, 0.3) is 61.5 Å². The first-order valence-electron chi connectivity index (χ1n) is 18.9. The molecule has 4 nitrogen and oxygen atoms in total. The molecule has 0 spiro atoms. The Kier molecular flexibility index (Phi) is 7.59. The van der Waals surface area contributed by atoms with Crippen molar-refractivity contribution in [3.8, 4) is 33.8 Å². The van der Waals surface area contributed by atoms with Crippen molar-refractivity contribution in [2.24, 2.45) is 0 Å². The predicted molar refractivity (Wildman–Crippen MR) is 213 cm³/mol. The summed E-state index contributed by atoms with van der Waals surface area (Å²) in [6.07, 6.45) is 8.50. The molecule has 0 radical (unpaired) electrons. The van der Waals surface area contributed by atoms with Gasteiger partial charge in [-0.2, -0.15) is 9.13 Å². The summed E-state index contributed by atoms with van der Waals surface area (Å²) < 4.78 is 11.9. The lowest BCUT2D eigenvalue weighted by atomic mass is 9.77. The van der Waals surface area contributed by atoms with Gasteiger partial charge < -0.3 is 4.42 Å². The average molecular weight is 682 g/mol. The van der Waals surface area contributed by atoms with Gasteiger partial charge >= 0.3 is 0 Å². The molecule has 4 aromatic heterocycles. The zero-order valence-electron chi connectivity index (χ0n) is 31.5. The SMILES string of the molecule is C=C1CC2c3cc(C)ccc3-c3cc(C)c(C)c[n+]3C2CCc2ccc3c(oc4nc(-c5c(C)cccc5C)ccc43)c2-c2cc(C)c(CC)c[n+]21. The number of pyridine rings is 3. The second kappa shape index (κ2) is 12.1. The number of hydrogen-bond acceptors (Lipinski definition) is 2. The third-order valence-corrected chi connectivity index (χ3v) is 12.2. The summed E-state index contributed by atoms with van der Waals surface area (Å²) >= 11 is 0. The Labute approximate surface area is 307 Å². The summed E-state index contributed by atoms with van der Waals surface area (Å²) in [5.41, 5.74) is 21.6. The van der Waals surface area contributed by atoms with Crippen molar-refractivity contribution in [1.29, 1.82) is 0 Å². The van der Waals surface area contributed by atoms with E-state index in [-0.39, 0.29) is 12.0 Å². The first-order valence-corrected chi connectivity index (χ1v) is 18.9. The van der Waals surface area contributed by atoms with Crippen molar-refractivity contribution < 1.29 is 13.6 Å². The minimum absolute atomic E-state index is 0.277. The third kappa shape index (κ3) is 4.98. The molecule has 2 unspecified atom stereocenters. The van der Waals surface area contributed by atoms with Crippen LogP contribution in [0.5, 0.6) is 0 Å². The molecule has 0 amide bonds. The van der Waals surface area contributed by atoms with Crippen molar-refractivity contribution in [3.63, 3.8) is 0 Å². The van der Waals surface area contributed by atoms with E-state index in [1.807, 2.05) is 0 Å². The van der Waals surface area contributed by atoms with Gasteiger partial charge in [0.25, 0.3) is 0 Å². The largest absolute Gasteiger partial charge is 0.437 e. The van der Waals surface area contributed by atoms with Crippen LogP contribution in [0, 0.1) is 41.5 Å². The molecule has 0 saturated carbocycles. The summed E-state index contributed by atoms with van der Waals surface area (Å²) in [5.74, 6) is 0.290. The Balaban J connectivity index is 1.29. The van der Waals surface area contributed by atoms with Gasteiger partial charge in [0.1, 0.15) is 0 Å². The molecule has 3 aromatic carbocycles. The molecule has 0 bridgehead atoms. The predicted octanol–water partition coefficient (Wildman–Crippen LogP) is 11.1. The molecule has 4 heteroatoms. The molecule has 9 rings (SSSR count). The summed E-state index contributed by atoms with van der Waals surface area (Å²) in [5, 5.41) is 2.15. The van der Waals surface area contributed by atoms with E-state index >= 15 is 0 Å². The van der Waals surface area contributed by atoms with E-state index in [4.69, 9.17) is 16.0 Å². The van der Waals surface area contributed by atoms with Gasteiger partial charge in [-0.05, 0) is 113 Å². The van der Waals surface area contributed by atoms with Crippen molar-refractivity contribution >= 4 is 27.8 Å². The standard InChI is InChI=1S/C48H47N3O/c1-9-34-26-50-33(8)24-40-39-21-27(2)13-16-36(39)43-22-30(5)32(7)25-51(43)42(40)20-15-35-14-17-37-38-18-19-41(45-28(3)11-10-12-29(45)4)49-48(38)52-47(37)46(35)44(50)23-31(34)6/h10-14,16-19,21-23,25-26,40,42H,8-9,15,20,24H2,1-7H3/q+2. The maximum absolute atomic E-state index is 6.94. The molecule has 258 valence electrons. The van der Waals surface area contributed by atoms with Gasteiger partial charge in [-0.1, -0.05) is 55.0 Å². The monoisotopic (exact) mass is 681 g/mol. The van der Waals surface area contributed by atoms with Crippen molar-refractivity contribution in [3.05, 3.63) is 142 Å². The number of rotatable bonds is 2. The van der Waals surface area contributed by atoms with Gasteiger partial charge in [-0.3, -0.25) is 0 Å². The zero-order chi connectivity index (χ0) is 36.0. The Morgan fingerprint density at radius 3 is 2.33 bits per heavy atom. The highest BCUT2D eigenvalue weighted by molar-refractivity contribution is 6.09. The fourth-order valence-corrected chi connectivity index (χ4v) is 9.26. The molecular formula is C48H47N3O+2. The lowest BCUT2D eigenvalue weighted by Crippen LogP contribution is -2.49. The number of aromatic nitrogens is 3. The third-order valence-electron chi connectivity index (χ3n) is 12.2. The molecule has 6 heterocycles. The minimum Gasteiger partial charge on any atom is -0.437 e. The van der Waals surface area contributed by atoms with Crippen LogP contribution in [0.1, 0.15) is 81.8 Å². The van der Waals surface area contributed by atoms with Crippen LogP contribution in [0.15, 0.2) is 96.2 Å². The highest BCUT2D eigenvalue weighted by atomic mass is 16.3. The maximum Gasteiger partial charge on any atom is 0.227 e. The zero-order valence-corrected chi connectivity index (χ0v) is 31.5. The van der Waals surface area contributed by atoms with Crippen LogP contribution >= 0.6 is 0 Å². The molecule has 2 aliphatic rings. The molecule has 7 aromatic rings. The van der Waals surface area contributed by atoms with Gasteiger partial charge in [0, 0.05) is 58.0 Å². The summed E-state index contributed by atoms with van der Waals surface area (Å²) in [4.78, 5) is 5.17. The number of furan rings is 1. The summed E-state index contributed by atoms with van der Waals surface area (Å²) in [6, 6.07) is 27.5. The number of hydrogen-bond donors (Lipinski definition) is 0. The number of nitrogens with zero attached hydrogens (tertiary/aromatic N) is 3. The van der Waals surface area contributed by atoms with Crippen LogP contribution < -0.4 is 9.13 Å². The number of aryl methyl sites for hydroxylation is 8. The maximum atomic E-state index is 6.94. The second-order valence-corrected chi connectivity index (χ2v) is 15.5. The molecule has 0 fully saturated rings. The van der Waals surface area contributed by atoms with Gasteiger partial charge in [0.05, 0.1) is 17.2 Å². The van der Waals surface area contributed by atoms with Crippen LogP contribution in [-0.2, 0) is 12.8 Å². The summed E-state index contributed by atoms with van der Waals surface area (Å²) in [7, 11) is 0. The first kappa shape index (κ1) is 32.6. The van der Waals surface area contributed by atoms with E-state index in [9.17, 15) is 0 Å². The van der Waals surface area contributed by atoms with Crippen molar-refractivity contribution in [2.45, 2.75) is 86.1 Å². The molecule has 0 N–H and O–H groups in total. The van der Waals surface area contributed by atoms with E-state index in [0.717, 1.165) is 64.7 Å². The second-order valence-electron chi connectivity index (χ2n) is 15.5. The normalized spacial score (nSPS) is 16.6. The van der Waals surface area contributed by atoms with Crippen LogP contribution in [-0.4, -0.2) is 4.98 Å². The molecule has 2 atom stereocenters. The molecule has 2 aliphatic heterocycles. The Morgan fingerprint density at radius 1 is 0.769 bits per heavy atom. The number of allylic oxidation sites excluding steroid dienone is 1. The van der Waals surface area contributed by atoms with Crippen molar-refractivity contribution in [2.75, 3.05) is 0 Å². The summed E-state index contributed by atoms with van der Waals surface area (Å²) in [6.45, 7) is 20.4. The smallest absolute Gasteiger partial charge is 0.227 e. The van der Waals surface area contributed by atoms with E-state index in [1.165, 1.54) is 66.9 Å². The van der Waals surface area contributed by atoms with Crippen LogP contribution in [0.3, 0.4) is 0 Å². The molecular weight excluding hydrogens is 635 g/mol. The first-order chi connectivity index (χ1) is 25.1. The highest BCUT2D eigenvalue weighted by Gasteiger charge is 2.43. The Morgan fingerprint density at radius 2 is 1.54 bits per heavy atom. The minimum atomic E-state index is 0.277. The lowest BCUT2D eigenvalue weighted by molar-refractivity contribution is -0.719. The van der Waals surface area contributed by atoms with Gasteiger partial charge in [0.15, 0.2) is 29.7 Å². The van der Waals surface area contributed by atoms with Crippen LogP contribution in [0.4, 0.5) is 0 Å². The number of benzene rings is 3. The van der Waals surface area contributed by atoms with Crippen LogP contribution in [0.2, 0.25) is 0 Å². The lowest BCUT2D eigenvalue weighted by Gasteiger charge is -2.32. The Bertz CT molecular complexity index is 2620. The molecule has 0 saturated heterocycles. The van der Waals surface area contributed by atoms with E-state index in [0.29, 0.717) is 5.71 Å². The topological polar surface area (TPSA) is 33.8 Å². The molecule has 0 aliphatic carbocycles. The van der Waals surface area contributed by atoms with Crippen molar-refractivity contribution in [1.82, 2.24) is 4.98 Å². The molecule has 52 heavy (non-hydrogen) atoms. The van der Waals surface area contributed by atoms with Gasteiger partial charge in [-0.25, -0.2) is 4.98 Å². The Hall–Kier alpha value is -5.35. The fraction of sp³-hybridized carbons (Fsp3) is 0.271. The van der Waals surface area contributed by atoms with E-state index in [1.54, 1.807) is 0 Å². The quantitative estimate of drug-likeness (QED) is 0.170. The average Bonchev–Trinajstić information content (AvgIpc) is 3.49. The highest BCUT2D eigenvalue weighted by Crippen LogP contribution is 2.46. The fourth-order valence-electron chi connectivity index (χ4n) is 9.26. The van der Waals surface area contributed by atoms with Gasteiger partial charge in [-0.15, -0.1) is 0 Å².